The number of hydrogen-bond donors (Lipinski definition) is 28. The molecule has 13 heterocycles. The van der Waals surface area contributed by atoms with E-state index in [9.17, 15) is 143 Å². The van der Waals surface area contributed by atoms with Crippen molar-refractivity contribution in [3.63, 3.8) is 0 Å². The largest absolute Gasteiger partial charge is 0.394 e. The maximum Gasteiger partial charge on any atom is 0.187 e. The molecule has 0 aromatic rings. The van der Waals surface area contributed by atoms with Gasteiger partial charge in [-0.05, 0) is 0 Å². The van der Waals surface area contributed by atoms with Gasteiger partial charge >= 0.3 is 0 Å². The van der Waals surface area contributed by atoms with E-state index in [4.69, 9.17) is 118 Å². The Bertz CT molecular complexity index is 3070. The lowest BCUT2D eigenvalue weighted by Gasteiger charge is -2.27. The van der Waals surface area contributed by atoms with Crippen LogP contribution in [0.2, 0.25) is 0 Å². The molecule has 0 bridgehead atoms. The zero-order chi connectivity index (χ0) is 84.9. The van der Waals surface area contributed by atoms with E-state index in [2.05, 4.69) is 0 Å². The molecule has 0 saturated carbocycles. The third-order valence-electron chi connectivity index (χ3n) is 22.5. The maximum absolute atomic E-state index is 11.8. The molecule has 0 spiro atoms. The Morgan fingerprint density at radius 1 is 0.144 bits per heavy atom. The van der Waals surface area contributed by atoms with Crippen molar-refractivity contribution >= 4 is 0 Å². The van der Waals surface area contributed by atoms with Gasteiger partial charge in [-0.15, -0.1) is 0 Å². The highest BCUT2D eigenvalue weighted by Gasteiger charge is 2.60. The maximum atomic E-state index is 11.8. The summed E-state index contributed by atoms with van der Waals surface area (Å²) < 4.78 is 143. The van der Waals surface area contributed by atoms with Gasteiger partial charge in [0.1, 0.15) is 238 Å². The molecule has 13 saturated heterocycles. The molecule has 13 aliphatic rings. The van der Waals surface area contributed by atoms with E-state index in [0.717, 1.165) is 0 Å². The summed E-state index contributed by atoms with van der Waals surface area (Å²) in [5.74, 6) is 0. The van der Waals surface area contributed by atoms with Crippen LogP contribution in [0.3, 0.4) is 0 Å². The summed E-state index contributed by atoms with van der Waals surface area (Å²) in [4.78, 5) is 0. The molecule has 0 radical (unpaired) electrons. The van der Waals surface area contributed by atoms with Crippen LogP contribution in [0.1, 0.15) is 0 Å². The van der Waals surface area contributed by atoms with Crippen molar-refractivity contribution < 1.29 is 261 Å². The molecular formula is C65H106O53. The second-order valence-corrected chi connectivity index (χ2v) is 30.4. The Morgan fingerprint density at radius 2 is 0.297 bits per heavy atom. The second kappa shape index (κ2) is 40.5. The minimum atomic E-state index is -1.96. The van der Waals surface area contributed by atoms with E-state index in [1.165, 1.54) is 0 Å². The fraction of sp³-hybridized carbons (Fsp3) is 1.00. The van der Waals surface area contributed by atoms with Crippen LogP contribution >= 0.6 is 0 Å². The van der Waals surface area contributed by atoms with Gasteiger partial charge in [-0.3, -0.25) is 0 Å². The van der Waals surface area contributed by atoms with Crippen molar-refractivity contribution in [2.75, 3.05) is 85.9 Å². The third-order valence-corrected chi connectivity index (χ3v) is 22.5. The van der Waals surface area contributed by atoms with Gasteiger partial charge in [-0.1, -0.05) is 0 Å². The summed E-state index contributed by atoms with van der Waals surface area (Å²) in [7, 11) is 0. The minimum Gasteiger partial charge on any atom is -0.394 e. The lowest BCUT2D eigenvalue weighted by Crippen LogP contribution is -2.46. The van der Waals surface area contributed by atoms with Crippen molar-refractivity contribution in [2.24, 2.45) is 0 Å². The number of ether oxygens (including phenoxy) is 25. The van der Waals surface area contributed by atoms with Crippen molar-refractivity contribution in [1.29, 1.82) is 0 Å². The summed E-state index contributed by atoms with van der Waals surface area (Å²) in [6.07, 6.45) is -87.2. The lowest BCUT2D eigenvalue weighted by atomic mass is 10.1. The average Bonchev–Trinajstić information content (AvgIpc) is 1.64. The third kappa shape index (κ3) is 19.6. The summed E-state index contributed by atoms with van der Waals surface area (Å²) in [5.41, 5.74) is 0. The van der Waals surface area contributed by atoms with Gasteiger partial charge in [0, 0.05) is 0 Å². The van der Waals surface area contributed by atoms with Crippen molar-refractivity contribution in [3.05, 3.63) is 0 Å². The van der Waals surface area contributed by atoms with Crippen LogP contribution in [0.5, 0.6) is 0 Å². The predicted octanol–water partition coefficient (Wildman–Crippen LogP) is -21.0. The fourth-order valence-corrected chi connectivity index (χ4v) is 15.5. The average molecular weight is 1740 g/mol. The van der Waals surface area contributed by atoms with E-state index < -0.39 is 406 Å². The number of rotatable bonds is 37. The first-order chi connectivity index (χ1) is 56.3. The van der Waals surface area contributed by atoms with Gasteiger partial charge in [0.2, 0.25) is 0 Å². The van der Waals surface area contributed by atoms with Crippen LogP contribution in [-0.2, 0) is 118 Å². The minimum absolute atomic E-state index is 0.554. The van der Waals surface area contributed by atoms with Crippen molar-refractivity contribution in [2.45, 2.75) is 320 Å². The molecule has 13 rings (SSSR count). The van der Waals surface area contributed by atoms with Crippen molar-refractivity contribution in [1.82, 2.24) is 0 Å². The Labute approximate surface area is 665 Å². The van der Waals surface area contributed by atoms with E-state index in [1.807, 2.05) is 0 Å². The molecule has 53 nitrogen and oxygen atoms in total. The van der Waals surface area contributed by atoms with Crippen LogP contribution < -0.4 is 0 Å². The summed E-state index contributed by atoms with van der Waals surface area (Å²) in [5, 5.41) is 298. The SMILES string of the molecule is OCC1OC(OCC2OC(OCC3OC(OCC4OC(OCC5OC(OCC6OC(OCC7OC(OCC8OC(OCC9OC(O)C(O)C9O)C(O)C8O)C(O)C7OC7OC(CO)C(OC8OC(CO)C(O)C8O)C7O)C(O)C6O)C(O)C5OC5OC(CO)C(O)C5O)C(O)C4O)C(O)C3OC3OC(CO)C(O)C3O)C(O)C2O)C(O)C1O. The van der Waals surface area contributed by atoms with Gasteiger partial charge in [-0.25, -0.2) is 0 Å². The Balaban J connectivity index is 0.626. The molecule has 0 aromatic heterocycles. The normalized spacial score (nSPS) is 53.5. The van der Waals surface area contributed by atoms with Crippen LogP contribution in [0, 0.1) is 0 Å². The molecule has 52 atom stereocenters. The lowest BCUT2D eigenvalue weighted by molar-refractivity contribution is -0.237. The monoisotopic (exact) mass is 1730 g/mol. The first kappa shape index (κ1) is 93.5. The molecule has 13 fully saturated rings. The molecule has 118 heavy (non-hydrogen) atoms. The molecule has 0 aromatic carbocycles. The second-order valence-electron chi connectivity index (χ2n) is 30.4. The molecular weight excluding hydrogens is 1630 g/mol. The predicted molar refractivity (Wildman–Crippen MR) is 349 cm³/mol. The van der Waals surface area contributed by atoms with E-state index in [-0.39, 0.29) is 0 Å². The van der Waals surface area contributed by atoms with E-state index in [0.29, 0.717) is 0 Å². The summed E-state index contributed by atoms with van der Waals surface area (Å²) >= 11 is 0. The van der Waals surface area contributed by atoms with Gasteiger partial charge in [0.25, 0.3) is 0 Å². The zero-order valence-corrected chi connectivity index (χ0v) is 61.9. The number of aliphatic hydroxyl groups is 28. The smallest absolute Gasteiger partial charge is 0.187 e. The standard InChI is InChI=1S/C65H106O53/c66-1-14-27(71)37(81)54(103-14)95-7-20-32(76)39(83)56(109-20)99-11-24-50(116-63-43(87)29(73)16(3-68)105-63)45(89)59(112-24)96-9-22-34(78)40(84)57(110-22)100-12-25-51(117-64-44(88)30(74)17(4-69)106-64)46(90)60(113-25)97-10-23-35(79)41(85)58(111-23)101-13-26-52(118-65-48(92)49(18(5-70)107-65)115-62-42(86)28(72)15(2-67)104-62)47(91)61(114-26)98-8-21-33(77)38(82)55(108-21)94-6-19-31(75)36(80)53(93)102-19/h14-93H,1-13H2. The highest BCUT2D eigenvalue weighted by atomic mass is 16.8. The molecule has 0 amide bonds. The van der Waals surface area contributed by atoms with Crippen LogP contribution in [-0.4, -0.2) is 549 Å². The topological polar surface area (TPSA) is 797 Å². The molecule has 13 aliphatic heterocycles. The first-order valence-corrected chi connectivity index (χ1v) is 38.0. The highest BCUT2D eigenvalue weighted by Crippen LogP contribution is 2.40. The van der Waals surface area contributed by atoms with Gasteiger partial charge in [0.15, 0.2) is 81.8 Å². The molecule has 28 N–H and O–H groups in total. The summed E-state index contributed by atoms with van der Waals surface area (Å²) in [6, 6.07) is 0. The number of aliphatic hydroxyl groups excluding tert-OH is 28. The highest BCUT2D eigenvalue weighted by molar-refractivity contribution is 5.01. The van der Waals surface area contributed by atoms with E-state index >= 15 is 0 Å². The Kier molecular flexibility index (Phi) is 32.1. The molecule has 684 valence electrons. The Hall–Kier alpha value is -2.12. The first-order valence-electron chi connectivity index (χ1n) is 38.0. The van der Waals surface area contributed by atoms with Gasteiger partial charge < -0.3 is 261 Å². The number of hydrogen-bond acceptors (Lipinski definition) is 53. The van der Waals surface area contributed by atoms with Crippen LogP contribution in [0.4, 0.5) is 0 Å². The van der Waals surface area contributed by atoms with Gasteiger partial charge in [0.05, 0.1) is 85.9 Å². The zero-order valence-electron chi connectivity index (χ0n) is 61.9. The summed E-state index contributed by atoms with van der Waals surface area (Å²) in [6.45, 7) is -9.48. The fourth-order valence-electron chi connectivity index (χ4n) is 15.5. The van der Waals surface area contributed by atoms with E-state index in [1.54, 1.807) is 0 Å². The van der Waals surface area contributed by atoms with Crippen LogP contribution in [0.15, 0.2) is 0 Å². The quantitative estimate of drug-likeness (QED) is 0.0275. The van der Waals surface area contributed by atoms with Crippen molar-refractivity contribution in [3.8, 4) is 0 Å². The Morgan fingerprint density at radius 3 is 0.525 bits per heavy atom. The van der Waals surface area contributed by atoms with Gasteiger partial charge in [-0.2, -0.15) is 0 Å². The molecule has 53 heteroatoms. The van der Waals surface area contributed by atoms with Crippen LogP contribution in [0.25, 0.3) is 0 Å². The molecule has 52 unspecified atom stereocenters. The molecule has 0 aliphatic carbocycles.